The standard InChI is InChI=1S/C21H20FN3O3/c1-27-17-8-5-9-18(28-2)20(17)21(26)25-19-11-10-15(13-24-19)23-12-14-6-3-4-7-16(14)22/h3-11,13,23H,12H2,1-2H3,(H,24,25,26). The Morgan fingerprint density at radius 2 is 1.71 bits per heavy atom. The van der Waals surface area contributed by atoms with E-state index in [1.165, 1.54) is 20.3 Å². The molecule has 0 bridgehead atoms. The molecule has 0 aliphatic rings. The smallest absolute Gasteiger partial charge is 0.264 e. The Labute approximate surface area is 162 Å². The molecule has 1 aromatic heterocycles. The zero-order valence-corrected chi connectivity index (χ0v) is 15.5. The molecule has 0 spiro atoms. The first-order chi connectivity index (χ1) is 13.6. The number of amides is 1. The number of benzene rings is 2. The Balaban J connectivity index is 1.68. The van der Waals surface area contributed by atoms with Crippen LogP contribution < -0.4 is 20.1 Å². The normalized spacial score (nSPS) is 10.2. The van der Waals surface area contributed by atoms with Gasteiger partial charge in [-0.2, -0.15) is 0 Å². The molecule has 7 heteroatoms. The van der Waals surface area contributed by atoms with Gasteiger partial charge >= 0.3 is 0 Å². The van der Waals surface area contributed by atoms with Crippen molar-refractivity contribution in [1.29, 1.82) is 0 Å². The van der Waals surface area contributed by atoms with Gasteiger partial charge in [0.1, 0.15) is 28.7 Å². The van der Waals surface area contributed by atoms with Gasteiger partial charge < -0.3 is 20.1 Å². The van der Waals surface area contributed by atoms with Crippen molar-refractivity contribution < 1.29 is 18.7 Å². The summed E-state index contributed by atoms with van der Waals surface area (Å²) in [7, 11) is 2.97. The maximum atomic E-state index is 13.7. The van der Waals surface area contributed by atoms with Gasteiger partial charge in [0.2, 0.25) is 0 Å². The molecule has 6 nitrogen and oxygen atoms in total. The third kappa shape index (κ3) is 4.37. The van der Waals surface area contributed by atoms with Crippen LogP contribution in [0.2, 0.25) is 0 Å². The van der Waals surface area contributed by atoms with Gasteiger partial charge in [0.05, 0.1) is 26.1 Å². The minimum absolute atomic E-state index is 0.266. The van der Waals surface area contributed by atoms with Gasteiger partial charge in [-0.15, -0.1) is 0 Å². The van der Waals surface area contributed by atoms with Crippen LogP contribution in [0.3, 0.4) is 0 Å². The molecule has 3 aromatic rings. The summed E-state index contributed by atoms with van der Waals surface area (Å²) in [4.78, 5) is 16.9. The minimum atomic E-state index is -0.395. The van der Waals surface area contributed by atoms with Gasteiger partial charge in [0, 0.05) is 12.1 Å². The number of hydrogen-bond acceptors (Lipinski definition) is 5. The van der Waals surface area contributed by atoms with E-state index in [-0.39, 0.29) is 11.4 Å². The largest absolute Gasteiger partial charge is 0.496 e. The number of nitrogens with zero attached hydrogens (tertiary/aromatic N) is 1. The van der Waals surface area contributed by atoms with Gasteiger partial charge in [-0.05, 0) is 30.3 Å². The lowest BCUT2D eigenvalue weighted by Crippen LogP contribution is -2.15. The summed E-state index contributed by atoms with van der Waals surface area (Å²) in [5.74, 6) is 0.515. The average Bonchev–Trinajstić information content (AvgIpc) is 2.73. The highest BCUT2D eigenvalue weighted by molar-refractivity contribution is 6.07. The average molecular weight is 381 g/mol. The number of methoxy groups -OCH3 is 2. The van der Waals surface area contributed by atoms with E-state index in [0.29, 0.717) is 35.1 Å². The summed E-state index contributed by atoms with van der Waals surface area (Å²) >= 11 is 0. The van der Waals surface area contributed by atoms with Crippen LogP contribution in [-0.4, -0.2) is 25.1 Å². The molecule has 0 aliphatic carbocycles. The molecule has 1 heterocycles. The molecule has 0 aliphatic heterocycles. The molecule has 0 unspecified atom stereocenters. The zero-order chi connectivity index (χ0) is 19.9. The van der Waals surface area contributed by atoms with Crippen LogP contribution in [0.4, 0.5) is 15.9 Å². The van der Waals surface area contributed by atoms with Crippen LogP contribution in [0.5, 0.6) is 11.5 Å². The molecule has 0 atom stereocenters. The number of halogens is 1. The van der Waals surface area contributed by atoms with Crippen molar-refractivity contribution in [2.24, 2.45) is 0 Å². The summed E-state index contributed by atoms with van der Waals surface area (Å²) in [6.45, 7) is 0.332. The third-order valence-corrected chi connectivity index (χ3v) is 4.10. The molecule has 0 fully saturated rings. The number of anilines is 2. The highest BCUT2D eigenvalue weighted by Crippen LogP contribution is 2.29. The second kappa shape index (κ2) is 8.85. The SMILES string of the molecule is COc1cccc(OC)c1C(=O)Nc1ccc(NCc2ccccc2F)cn1. The Hall–Kier alpha value is -3.61. The van der Waals surface area contributed by atoms with Crippen LogP contribution in [0.25, 0.3) is 0 Å². The first-order valence-electron chi connectivity index (χ1n) is 8.58. The van der Waals surface area contributed by atoms with E-state index >= 15 is 0 Å². The van der Waals surface area contributed by atoms with Crippen LogP contribution in [-0.2, 0) is 6.54 Å². The van der Waals surface area contributed by atoms with Crippen LogP contribution in [0.1, 0.15) is 15.9 Å². The van der Waals surface area contributed by atoms with Crippen molar-refractivity contribution in [1.82, 2.24) is 4.98 Å². The topological polar surface area (TPSA) is 72.5 Å². The molecular weight excluding hydrogens is 361 g/mol. The van der Waals surface area contributed by atoms with Crippen molar-refractivity contribution >= 4 is 17.4 Å². The van der Waals surface area contributed by atoms with Gasteiger partial charge in [-0.25, -0.2) is 9.37 Å². The molecular formula is C21H20FN3O3. The van der Waals surface area contributed by atoms with E-state index in [0.717, 1.165) is 0 Å². The van der Waals surface area contributed by atoms with Gasteiger partial charge in [0.25, 0.3) is 5.91 Å². The highest BCUT2D eigenvalue weighted by atomic mass is 19.1. The van der Waals surface area contributed by atoms with E-state index in [4.69, 9.17) is 9.47 Å². The maximum Gasteiger partial charge on any atom is 0.264 e. The number of hydrogen-bond donors (Lipinski definition) is 2. The minimum Gasteiger partial charge on any atom is -0.496 e. The monoisotopic (exact) mass is 381 g/mol. The van der Waals surface area contributed by atoms with E-state index < -0.39 is 5.91 Å². The second-order valence-corrected chi connectivity index (χ2v) is 5.87. The van der Waals surface area contributed by atoms with E-state index in [1.807, 2.05) is 0 Å². The van der Waals surface area contributed by atoms with Gasteiger partial charge in [-0.1, -0.05) is 24.3 Å². The molecule has 0 radical (unpaired) electrons. The zero-order valence-electron chi connectivity index (χ0n) is 15.5. The van der Waals surface area contributed by atoms with Crippen LogP contribution in [0, 0.1) is 5.82 Å². The predicted octanol–water partition coefficient (Wildman–Crippen LogP) is 4.10. The Morgan fingerprint density at radius 3 is 2.32 bits per heavy atom. The third-order valence-electron chi connectivity index (χ3n) is 4.10. The molecule has 2 N–H and O–H groups in total. The van der Waals surface area contributed by atoms with Crippen LogP contribution in [0.15, 0.2) is 60.8 Å². The Bertz CT molecular complexity index is 939. The first-order valence-corrected chi connectivity index (χ1v) is 8.58. The molecule has 144 valence electrons. The van der Waals surface area contributed by atoms with Crippen molar-refractivity contribution in [2.75, 3.05) is 24.9 Å². The number of aromatic nitrogens is 1. The lowest BCUT2D eigenvalue weighted by molar-refractivity contribution is 0.102. The molecule has 0 saturated carbocycles. The number of carbonyl (C=O) groups excluding carboxylic acids is 1. The van der Waals surface area contributed by atoms with Crippen molar-refractivity contribution in [3.63, 3.8) is 0 Å². The lowest BCUT2D eigenvalue weighted by atomic mass is 10.1. The summed E-state index contributed by atoms with van der Waals surface area (Å²) in [6, 6.07) is 15.1. The lowest BCUT2D eigenvalue weighted by Gasteiger charge is -2.13. The highest BCUT2D eigenvalue weighted by Gasteiger charge is 2.18. The predicted molar refractivity (Wildman–Crippen MR) is 105 cm³/mol. The number of nitrogens with one attached hydrogen (secondary N) is 2. The maximum absolute atomic E-state index is 13.7. The number of rotatable bonds is 7. The number of pyridine rings is 1. The number of ether oxygens (including phenoxy) is 2. The fourth-order valence-electron chi connectivity index (χ4n) is 2.67. The fraction of sp³-hybridized carbons (Fsp3) is 0.143. The van der Waals surface area contributed by atoms with E-state index in [2.05, 4.69) is 15.6 Å². The van der Waals surface area contributed by atoms with Gasteiger partial charge in [-0.3, -0.25) is 4.79 Å². The second-order valence-electron chi connectivity index (χ2n) is 5.87. The van der Waals surface area contributed by atoms with E-state index in [1.54, 1.807) is 54.7 Å². The molecule has 0 saturated heterocycles. The molecule has 2 aromatic carbocycles. The van der Waals surface area contributed by atoms with Crippen molar-refractivity contribution in [3.05, 3.63) is 77.7 Å². The van der Waals surface area contributed by atoms with Crippen molar-refractivity contribution in [2.45, 2.75) is 6.54 Å². The summed E-state index contributed by atoms with van der Waals surface area (Å²) in [5.41, 5.74) is 1.55. The van der Waals surface area contributed by atoms with Gasteiger partial charge in [0.15, 0.2) is 0 Å². The van der Waals surface area contributed by atoms with E-state index in [9.17, 15) is 9.18 Å². The van der Waals surface area contributed by atoms with Crippen molar-refractivity contribution in [3.8, 4) is 11.5 Å². The Kier molecular flexibility index (Phi) is 6.06. The molecule has 1 amide bonds. The Morgan fingerprint density at radius 1 is 1.00 bits per heavy atom. The van der Waals surface area contributed by atoms with Crippen LogP contribution >= 0.6 is 0 Å². The summed E-state index contributed by atoms with van der Waals surface area (Å²) in [5, 5.41) is 5.82. The quantitative estimate of drug-likeness (QED) is 0.645. The summed E-state index contributed by atoms with van der Waals surface area (Å²) in [6.07, 6.45) is 1.57. The molecule has 28 heavy (non-hydrogen) atoms. The number of carbonyl (C=O) groups is 1. The summed E-state index contributed by atoms with van der Waals surface area (Å²) < 4.78 is 24.2. The molecule has 3 rings (SSSR count). The fourth-order valence-corrected chi connectivity index (χ4v) is 2.67. The first kappa shape index (κ1) is 19.2.